The Morgan fingerprint density at radius 1 is 1.05 bits per heavy atom. The van der Waals surface area contributed by atoms with Crippen LogP contribution in [0.3, 0.4) is 0 Å². The molecule has 2 aromatic carbocycles. The summed E-state index contributed by atoms with van der Waals surface area (Å²) in [6.45, 7) is 4.21. The van der Waals surface area contributed by atoms with Crippen LogP contribution in [0, 0.1) is 5.92 Å². The number of hydrogen-bond acceptors (Lipinski definition) is 8. The Labute approximate surface area is 324 Å². The molecule has 0 spiro atoms. The highest BCUT2D eigenvalue weighted by atomic mass is 19.1. The van der Waals surface area contributed by atoms with E-state index >= 15 is 0 Å². The van der Waals surface area contributed by atoms with Gasteiger partial charge >= 0.3 is 6.03 Å². The van der Waals surface area contributed by atoms with E-state index in [0.29, 0.717) is 59.3 Å². The molecule has 1 aromatic heterocycles. The van der Waals surface area contributed by atoms with Crippen molar-refractivity contribution < 1.29 is 18.8 Å². The number of aromatic nitrogens is 2. The summed E-state index contributed by atoms with van der Waals surface area (Å²) in [7, 11) is 1.69. The van der Waals surface area contributed by atoms with Crippen LogP contribution in [0.5, 0.6) is 0 Å². The fourth-order valence-electron chi connectivity index (χ4n) is 7.46. The quantitative estimate of drug-likeness (QED) is 0.219. The van der Waals surface area contributed by atoms with Gasteiger partial charge in [-0.05, 0) is 93.9 Å². The molecule has 4 amide bonds. The number of benzodiazepines with no additional fused rings is 1. The maximum absolute atomic E-state index is 13.8. The molecule has 5 aliphatic rings. The average Bonchev–Trinajstić information content (AvgIpc) is 3.34. The van der Waals surface area contributed by atoms with E-state index < -0.39 is 12.1 Å². The first-order chi connectivity index (χ1) is 27.1. The lowest BCUT2D eigenvalue weighted by atomic mass is 9.92. The van der Waals surface area contributed by atoms with Gasteiger partial charge in [0.15, 0.2) is 0 Å². The van der Waals surface area contributed by atoms with E-state index in [0.717, 1.165) is 41.0 Å². The Balaban J connectivity index is 0.998. The number of fused-ring (bicyclic) bond motifs is 2. The third kappa shape index (κ3) is 7.57. The molecule has 3 N–H and O–H groups in total. The summed E-state index contributed by atoms with van der Waals surface area (Å²) < 4.78 is 13.7. The maximum atomic E-state index is 13.8. The first kappa shape index (κ1) is 36.5. The molecule has 56 heavy (non-hydrogen) atoms. The van der Waals surface area contributed by atoms with Crippen molar-refractivity contribution in [2.24, 2.45) is 15.9 Å². The topological polar surface area (TPSA) is 144 Å². The van der Waals surface area contributed by atoms with E-state index in [1.54, 1.807) is 42.6 Å². The predicted octanol–water partition coefficient (Wildman–Crippen LogP) is 7.37. The zero-order valence-electron chi connectivity index (χ0n) is 31.4. The number of aliphatic imine (C=N–C) groups is 2. The van der Waals surface area contributed by atoms with Crippen LogP contribution >= 0.6 is 0 Å². The Kier molecular flexibility index (Phi) is 9.98. The van der Waals surface area contributed by atoms with Gasteiger partial charge in [-0.15, -0.1) is 0 Å². The van der Waals surface area contributed by atoms with E-state index in [1.807, 2.05) is 62.4 Å². The lowest BCUT2D eigenvalue weighted by Crippen LogP contribution is -2.46. The Morgan fingerprint density at radius 2 is 1.89 bits per heavy atom. The third-order valence-corrected chi connectivity index (χ3v) is 10.6. The summed E-state index contributed by atoms with van der Waals surface area (Å²) in [6, 6.07) is 13.5. The van der Waals surface area contributed by atoms with Gasteiger partial charge in [0, 0.05) is 58.8 Å². The fraction of sp³-hybridized carbons (Fsp3) is 0.279. The Bertz CT molecular complexity index is 2340. The van der Waals surface area contributed by atoms with E-state index in [9.17, 15) is 18.8 Å². The second-order valence-corrected chi connectivity index (χ2v) is 14.7. The van der Waals surface area contributed by atoms with E-state index in [2.05, 4.69) is 30.9 Å². The van der Waals surface area contributed by atoms with Crippen LogP contribution < -0.4 is 20.9 Å². The fourth-order valence-corrected chi connectivity index (χ4v) is 7.46. The number of carbonyl (C=O) groups excluding carboxylic acids is 3. The van der Waals surface area contributed by atoms with Crippen molar-refractivity contribution in [2.75, 3.05) is 22.6 Å². The first-order valence-electron chi connectivity index (χ1n) is 18.8. The number of nitrogens with zero attached hydrogens (tertiary/aromatic N) is 6. The number of rotatable bonds is 8. The van der Waals surface area contributed by atoms with Crippen molar-refractivity contribution >= 4 is 46.7 Å². The molecule has 284 valence electrons. The molecule has 12 nitrogen and oxygen atoms in total. The molecule has 0 fully saturated rings. The van der Waals surface area contributed by atoms with Crippen molar-refractivity contribution in [3.8, 4) is 0 Å². The SMILES string of the molecule is CC1=CCC(NC(=O)c2ccc3c(c2)NC(=O)[C@H](CC2C=CC(F)=CC2)N=C3c2ccccc2)C=C1N1Cc2cnc(NC3=CN=C(C)CC3)nc2N(C)C1=O. The van der Waals surface area contributed by atoms with Crippen molar-refractivity contribution in [3.05, 3.63) is 136 Å². The predicted molar refractivity (Wildman–Crippen MR) is 215 cm³/mol. The van der Waals surface area contributed by atoms with Crippen LogP contribution in [0.1, 0.15) is 73.0 Å². The van der Waals surface area contributed by atoms with Gasteiger partial charge in [-0.3, -0.25) is 29.4 Å². The number of urea groups is 1. The highest BCUT2D eigenvalue weighted by molar-refractivity contribution is 6.20. The number of halogens is 1. The minimum Gasteiger partial charge on any atom is -0.345 e. The smallest absolute Gasteiger partial charge is 0.330 e. The summed E-state index contributed by atoms with van der Waals surface area (Å²) >= 11 is 0. The number of carbonyl (C=O) groups is 3. The van der Waals surface area contributed by atoms with E-state index in [1.165, 1.54) is 17.1 Å². The molecule has 8 rings (SSSR count). The van der Waals surface area contributed by atoms with Gasteiger partial charge in [-0.25, -0.2) is 14.2 Å². The lowest BCUT2D eigenvalue weighted by Gasteiger charge is -2.37. The van der Waals surface area contributed by atoms with Gasteiger partial charge in [0.05, 0.1) is 24.0 Å². The average molecular weight is 752 g/mol. The van der Waals surface area contributed by atoms with Crippen molar-refractivity contribution in [1.29, 1.82) is 0 Å². The largest absolute Gasteiger partial charge is 0.345 e. The van der Waals surface area contributed by atoms with Gasteiger partial charge in [0.1, 0.15) is 17.7 Å². The second kappa shape index (κ2) is 15.3. The molecule has 3 atom stereocenters. The van der Waals surface area contributed by atoms with Crippen LogP contribution in [-0.4, -0.2) is 63.3 Å². The zero-order chi connectivity index (χ0) is 38.9. The summed E-state index contributed by atoms with van der Waals surface area (Å²) in [6.07, 6.45) is 15.3. The summed E-state index contributed by atoms with van der Waals surface area (Å²) in [5.74, 6) is -0.00147. The molecule has 0 radical (unpaired) electrons. The van der Waals surface area contributed by atoms with Gasteiger partial charge in [0.25, 0.3) is 5.91 Å². The lowest BCUT2D eigenvalue weighted by molar-refractivity contribution is -0.117. The number of hydrogen-bond donors (Lipinski definition) is 3. The van der Waals surface area contributed by atoms with Crippen LogP contribution in [0.4, 0.5) is 26.6 Å². The number of amides is 4. The van der Waals surface area contributed by atoms with E-state index in [4.69, 9.17) is 4.99 Å². The second-order valence-electron chi connectivity index (χ2n) is 14.7. The summed E-state index contributed by atoms with van der Waals surface area (Å²) in [5.41, 5.74) is 7.41. The number of nitrogens with one attached hydrogen (secondary N) is 3. The molecule has 13 heteroatoms. The van der Waals surface area contributed by atoms with Crippen molar-refractivity contribution in [2.45, 2.75) is 64.6 Å². The Hall–Kier alpha value is -6.50. The first-order valence-corrected chi connectivity index (χ1v) is 18.8. The van der Waals surface area contributed by atoms with Gasteiger partial charge in [-0.2, -0.15) is 4.98 Å². The van der Waals surface area contributed by atoms with Gasteiger partial charge < -0.3 is 16.0 Å². The van der Waals surface area contributed by atoms with Gasteiger partial charge in [0.2, 0.25) is 11.9 Å². The van der Waals surface area contributed by atoms with Gasteiger partial charge in [-0.1, -0.05) is 42.5 Å². The number of allylic oxidation sites excluding steroid dienone is 6. The molecule has 2 aliphatic carbocycles. The molecule has 3 aliphatic heterocycles. The normalized spacial score (nSPS) is 21.9. The highest BCUT2D eigenvalue weighted by Crippen LogP contribution is 2.34. The summed E-state index contributed by atoms with van der Waals surface area (Å²) in [5, 5.41) is 9.38. The highest BCUT2D eigenvalue weighted by Gasteiger charge is 2.34. The Morgan fingerprint density at radius 3 is 2.66 bits per heavy atom. The molecule has 0 bridgehead atoms. The van der Waals surface area contributed by atoms with Crippen LogP contribution in [0.2, 0.25) is 0 Å². The number of benzene rings is 2. The minimum atomic E-state index is -0.715. The van der Waals surface area contributed by atoms with Crippen LogP contribution in [-0.2, 0) is 11.3 Å². The zero-order valence-corrected chi connectivity index (χ0v) is 31.4. The minimum absolute atomic E-state index is 0.0388. The van der Waals surface area contributed by atoms with Crippen molar-refractivity contribution in [1.82, 2.24) is 20.2 Å². The monoisotopic (exact) mass is 751 g/mol. The molecule has 4 heterocycles. The molecule has 0 saturated carbocycles. The van der Waals surface area contributed by atoms with Crippen LogP contribution in [0.15, 0.2) is 124 Å². The maximum Gasteiger partial charge on any atom is 0.330 e. The third-order valence-electron chi connectivity index (χ3n) is 10.6. The van der Waals surface area contributed by atoms with Crippen LogP contribution in [0.25, 0.3) is 0 Å². The molecular formula is C43H42FN9O3. The summed E-state index contributed by atoms with van der Waals surface area (Å²) in [4.78, 5) is 63.0. The molecule has 2 unspecified atom stereocenters. The molecular weight excluding hydrogens is 710 g/mol. The standard InChI is InChI=1S/C43H42FN9O3/c1-25-9-16-32(21-37(25)53-24-30-22-46-42(51-39(30)52(3)43(53)56)48-33-17-10-26(2)45-23-33)47-40(54)29-13-18-34-35(20-29)50-41(55)36(19-27-11-14-31(44)15-12-27)49-38(34)28-7-5-4-6-8-28/h4-9,11,13-15,18,20-23,27,32,36H,10,12,16-17,19,24H2,1-3H3,(H,47,54)(H,50,55)(H,46,48,51)/t27?,32?,36-/m0/s1. The molecule has 0 saturated heterocycles. The van der Waals surface area contributed by atoms with Crippen molar-refractivity contribution in [3.63, 3.8) is 0 Å². The number of anilines is 3. The van der Waals surface area contributed by atoms with E-state index in [-0.39, 0.29) is 36.1 Å². The molecule has 3 aromatic rings.